The van der Waals surface area contributed by atoms with Crippen LogP contribution in [-0.4, -0.2) is 58.9 Å². The van der Waals surface area contributed by atoms with Crippen LogP contribution in [0.4, 0.5) is 0 Å². The molecule has 0 atom stereocenters. The number of aliphatic imine (C=N–C) groups is 1. The fraction of sp³-hybridized carbons (Fsp3) is 0.636. The summed E-state index contributed by atoms with van der Waals surface area (Å²) in [5.41, 5.74) is 0.917. The van der Waals surface area contributed by atoms with E-state index >= 15 is 0 Å². The molecule has 0 spiro atoms. The molecule has 1 fully saturated rings. The zero-order valence-corrected chi connectivity index (χ0v) is 18.1. The minimum absolute atomic E-state index is 0.0989. The summed E-state index contributed by atoms with van der Waals surface area (Å²) in [6.07, 6.45) is 6.14. The van der Waals surface area contributed by atoms with Crippen LogP contribution in [0.1, 0.15) is 49.4 Å². The van der Waals surface area contributed by atoms with E-state index in [0.29, 0.717) is 24.1 Å². The molecule has 3 N–H and O–H groups in total. The Hall–Kier alpha value is -2.28. The monoisotopic (exact) mass is 404 g/mol. The molecule has 29 heavy (non-hydrogen) atoms. The van der Waals surface area contributed by atoms with Gasteiger partial charge in [0.05, 0.1) is 7.11 Å². The lowest BCUT2D eigenvalue weighted by atomic mass is 9.83. The number of hydrogen-bond donors (Lipinski definition) is 3. The van der Waals surface area contributed by atoms with Crippen molar-refractivity contribution in [2.75, 3.05) is 47.0 Å². The van der Waals surface area contributed by atoms with Crippen LogP contribution in [0, 0.1) is 5.41 Å². The molecule has 0 saturated heterocycles. The van der Waals surface area contributed by atoms with Crippen molar-refractivity contribution in [2.24, 2.45) is 10.4 Å². The van der Waals surface area contributed by atoms with Crippen LogP contribution in [0.3, 0.4) is 0 Å². The number of benzene rings is 1. The number of ether oxygens (including phenoxy) is 2. The van der Waals surface area contributed by atoms with E-state index in [4.69, 9.17) is 9.47 Å². The van der Waals surface area contributed by atoms with Crippen molar-refractivity contribution in [3.63, 3.8) is 0 Å². The molecular weight excluding hydrogens is 368 g/mol. The summed E-state index contributed by atoms with van der Waals surface area (Å²) in [5.74, 6) is 1.41. The highest BCUT2D eigenvalue weighted by atomic mass is 16.5. The zero-order valence-electron chi connectivity index (χ0n) is 18.1. The van der Waals surface area contributed by atoms with Gasteiger partial charge in [0.2, 0.25) is 0 Å². The lowest BCUT2D eigenvalue weighted by molar-refractivity contribution is 0.0954. The maximum absolute atomic E-state index is 12.2. The summed E-state index contributed by atoms with van der Waals surface area (Å²) in [5, 5.41) is 9.66. The molecule has 7 nitrogen and oxygen atoms in total. The van der Waals surface area contributed by atoms with E-state index in [1.54, 1.807) is 38.4 Å². The van der Waals surface area contributed by atoms with Crippen LogP contribution in [-0.2, 0) is 4.74 Å². The van der Waals surface area contributed by atoms with Crippen LogP contribution in [0.2, 0.25) is 0 Å². The Morgan fingerprint density at radius 3 is 2.41 bits per heavy atom. The Kier molecular flexibility index (Phi) is 9.77. The summed E-state index contributed by atoms with van der Waals surface area (Å²) in [7, 11) is 3.38. The molecule has 7 heteroatoms. The van der Waals surface area contributed by atoms with Gasteiger partial charge in [-0.3, -0.25) is 9.79 Å². The second kappa shape index (κ2) is 12.3. The number of carbonyl (C=O) groups is 1. The number of nitrogens with one attached hydrogen (secondary N) is 3. The molecule has 1 aliphatic rings. The predicted molar refractivity (Wildman–Crippen MR) is 117 cm³/mol. The molecular formula is C22H36N4O3. The first-order chi connectivity index (χ1) is 14.1. The van der Waals surface area contributed by atoms with Crippen molar-refractivity contribution in [1.29, 1.82) is 0 Å². The first-order valence-corrected chi connectivity index (χ1v) is 10.6. The molecule has 1 aliphatic carbocycles. The van der Waals surface area contributed by atoms with Gasteiger partial charge in [0.15, 0.2) is 5.96 Å². The summed E-state index contributed by atoms with van der Waals surface area (Å²) >= 11 is 0. The number of methoxy groups -OCH3 is 1. The zero-order chi connectivity index (χ0) is 21.0. The highest BCUT2D eigenvalue weighted by molar-refractivity contribution is 5.94. The average molecular weight is 405 g/mol. The summed E-state index contributed by atoms with van der Waals surface area (Å²) in [6, 6.07) is 7.07. The second-order valence-corrected chi connectivity index (χ2v) is 7.49. The summed E-state index contributed by atoms with van der Waals surface area (Å²) < 4.78 is 10.7. The Labute approximate surface area is 174 Å². The number of amides is 1. The molecule has 0 aliphatic heterocycles. The van der Waals surface area contributed by atoms with Gasteiger partial charge in [0.1, 0.15) is 5.75 Å². The first-order valence-electron chi connectivity index (χ1n) is 10.6. The van der Waals surface area contributed by atoms with Crippen molar-refractivity contribution in [3.8, 4) is 5.75 Å². The Balaban J connectivity index is 1.70. The number of rotatable bonds is 11. The predicted octanol–water partition coefficient (Wildman–Crippen LogP) is 2.58. The van der Waals surface area contributed by atoms with Crippen LogP contribution in [0.5, 0.6) is 5.75 Å². The second-order valence-electron chi connectivity index (χ2n) is 7.49. The number of guanidine groups is 1. The highest BCUT2D eigenvalue weighted by Gasteiger charge is 2.33. The first kappa shape index (κ1) is 23.0. The fourth-order valence-electron chi connectivity index (χ4n) is 3.77. The molecule has 162 valence electrons. The lowest BCUT2D eigenvalue weighted by Crippen LogP contribution is -2.45. The van der Waals surface area contributed by atoms with Gasteiger partial charge in [-0.05, 0) is 55.9 Å². The molecule has 1 aromatic carbocycles. The fourth-order valence-corrected chi connectivity index (χ4v) is 3.77. The van der Waals surface area contributed by atoms with Gasteiger partial charge in [-0.1, -0.05) is 12.8 Å². The van der Waals surface area contributed by atoms with Crippen LogP contribution in [0.15, 0.2) is 29.3 Å². The summed E-state index contributed by atoms with van der Waals surface area (Å²) in [6.45, 7) is 5.65. The molecule has 1 amide bonds. The third-order valence-electron chi connectivity index (χ3n) is 5.55. The van der Waals surface area contributed by atoms with Crippen LogP contribution < -0.4 is 20.7 Å². The van der Waals surface area contributed by atoms with E-state index in [-0.39, 0.29) is 5.91 Å². The summed E-state index contributed by atoms with van der Waals surface area (Å²) in [4.78, 5) is 16.5. The molecule has 0 unspecified atom stereocenters. The minimum atomic E-state index is -0.0989. The van der Waals surface area contributed by atoms with Gasteiger partial charge in [0, 0.05) is 45.5 Å². The minimum Gasteiger partial charge on any atom is -0.497 e. The maximum atomic E-state index is 12.2. The van der Waals surface area contributed by atoms with E-state index in [2.05, 4.69) is 20.9 Å². The van der Waals surface area contributed by atoms with E-state index in [1.807, 2.05) is 6.92 Å². The molecule has 2 rings (SSSR count). The van der Waals surface area contributed by atoms with Gasteiger partial charge in [-0.2, -0.15) is 0 Å². The van der Waals surface area contributed by atoms with Crippen LogP contribution >= 0.6 is 0 Å². The van der Waals surface area contributed by atoms with Crippen molar-refractivity contribution >= 4 is 11.9 Å². The number of nitrogens with zero attached hydrogens (tertiary/aromatic N) is 1. The van der Waals surface area contributed by atoms with Gasteiger partial charge in [-0.15, -0.1) is 0 Å². The van der Waals surface area contributed by atoms with E-state index < -0.39 is 0 Å². The van der Waals surface area contributed by atoms with Gasteiger partial charge in [0.25, 0.3) is 5.91 Å². The lowest BCUT2D eigenvalue weighted by Gasteiger charge is -2.30. The quantitative estimate of drug-likeness (QED) is 0.300. The SMILES string of the molecule is CCOCCC1(CNC(=NC)NCCNC(=O)c2ccc(OC)cc2)CCCC1. The third-order valence-corrected chi connectivity index (χ3v) is 5.55. The molecule has 0 heterocycles. The molecule has 1 aromatic rings. The van der Waals surface area contributed by atoms with E-state index in [1.165, 1.54) is 25.7 Å². The Morgan fingerprint density at radius 1 is 1.10 bits per heavy atom. The Morgan fingerprint density at radius 2 is 1.79 bits per heavy atom. The number of hydrogen-bond acceptors (Lipinski definition) is 4. The molecule has 0 bridgehead atoms. The average Bonchev–Trinajstić information content (AvgIpc) is 3.22. The highest BCUT2D eigenvalue weighted by Crippen LogP contribution is 2.40. The topological polar surface area (TPSA) is 84.0 Å². The number of carbonyl (C=O) groups excluding carboxylic acids is 1. The maximum Gasteiger partial charge on any atom is 0.251 e. The van der Waals surface area contributed by atoms with Gasteiger partial charge < -0.3 is 25.4 Å². The van der Waals surface area contributed by atoms with E-state index in [0.717, 1.165) is 37.9 Å². The van der Waals surface area contributed by atoms with Gasteiger partial charge >= 0.3 is 0 Å². The smallest absolute Gasteiger partial charge is 0.251 e. The van der Waals surface area contributed by atoms with Gasteiger partial charge in [-0.25, -0.2) is 0 Å². The Bertz CT molecular complexity index is 640. The molecule has 1 saturated carbocycles. The van der Waals surface area contributed by atoms with Crippen molar-refractivity contribution in [3.05, 3.63) is 29.8 Å². The largest absolute Gasteiger partial charge is 0.497 e. The molecule has 0 radical (unpaired) electrons. The van der Waals surface area contributed by atoms with Crippen molar-refractivity contribution < 1.29 is 14.3 Å². The van der Waals surface area contributed by atoms with Crippen molar-refractivity contribution in [1.82, 2.24) is 16.0 Å². The third kappa shape index (κ3) is 7.57. The standard InChI is InChI=1S/C22H36N4O3/c1-4-29-16-13-22(11-5-6-12-22)17-26-21(23-2)25-15-14-24-20(27)18-7-9-19(28-3)10-8-18/h7-10H,4-6,11-17H2,1-3H3,(H,24,27)(H2,23,25,26). The van der Waals surface area contributed by atoms with Crippen LogP contribution in [0.25, 0.3) is 0 Å². The van der Waals surface area contributed by atoms with Crippen molar-refractivity contribution in [2.45, 2.75) is 39.0 Å². The normalized spacial score (nSPS) is 15.8. The van der Waals surface area contributed by atoms with E-state index in [9.17, 15) is 4.79 Å². The molecule has 0 aromatic heterocycles.